The second-order valence-electron chi connectivity index (χ2n) is 5.62. The fraction of sp³-hybridized carbons (Fsp3) is 0.375. The lowest BCUT2D eigenvalue weighted by Gasteiger charge is -2.16. The first-order valence-electron chi connectivity index (χ1n) is 6.93. The lowest BCUT2D eigenvalue weighted by atomic mass is 10.1. The summed E-state index contributed by atoms with van der Waals surface area (Å²) in [6.45, 7) is 6.27. The van der Waals surface area contributed by atoms with Gasteiger partial charge in [-0.25, -0.2) is 4.98 Å². The highest BCUT2D eigenvalue weighted by Crippen LogP contribution is 2.20. The van der Waals surface area contributed by atoms with E-state index in [0.717, 1.165) is 17.2 Å². The summed E-state index contributed by atoms with van der Waals surface area (Å²) in [6.07, 6.45) is 0.939. The minimum Gasteiger partial charge on any atom is -0.383 e. The van der Waals surface area contributed by atoms with Gasteiger partial charge in [0, 0.05) is 11.4 Å². The standard InChI is InChI=1S/C16H21N3O/c1-10(2)8-11(3)18-16(20)14-9-12-6-4-5-7-13(12)15(17)19-14/h4-7,9-11H,8H2,1-3H3,(H2,17,19)(H,18,20). The number of amides is 1. The number of carbonyl (C=O) groups is 1. The highest BCUT2D eigenvalue weighted by Gasteiger charge is 2.14. The maximum atomic E-state index is 12.2. The van der Waals surface area contributed by atoms with E-state index >= 15 is 0 Å². The summed E-state index contributed by atoms with van der Waals surface area (Å²) in [5, 5.41) is 4.77. The molecule has 1 unspecified atom stereocenters. The molecule has 1 aromatic carbocycles. The minimum absolute atomic E-state index is 0.122. The van der Waals surface area contributed by atoms with E-state index in [0.29, 0.717) is 17.4 Å². The molecule has 2 rings (SSSR count). The van der Waals surface area contributed by atoms with Crippen molar-refractivity contribution in [2.75, 3.05) is 5.73 Å². The Morgan fingerprint density at radius 2 is 2.00 bits per heavy atom. The number of nitrogen functional groups attached to an aromatic ring is 1. The summed E-state index contributed by atoms with van der Waals surface area (Å²) in [5.41, 5.74) is 6.29. The van der Waals surface area contributed by atoms with Gasteiger partial charge in [-0.1, -0.05) is 38.1 Å². The first kappa shape index (κ1) is 14.3. The topological polar surface area (TPSA) is 68.0 Å². The van der Waals surface area contributed by atoms with Gasteiger partial charge in [0.1, 0.15) is 11.5 Å². The molecular formula is C16H21N3O. The van der Waals surface area contributed by atoms with E-state index in [-0.39, 0.29) is 11.9 Å². The molecule has 3 N–H and O–H groups in total. The zero-order valence-corrected chi connectivity index (χ0v) is 12.2. The Labute approximate surface area is 119 Å². The van der Waals surface area contributed by atoms with Crippen LogP contribution in [0.1, 0.15) is 37.7 Å². The fourth-order valence-electron chi connectivity index (χ4n) is 2.41. The van der Waals surface area contributed by atoms with Crippen molar-refractivity contribution in [2.45, 2.75) is 33.2 Å². The number of hydrogen-bond donors (Lipinski definition) is 2. The van der Waals surface area contributed by atoms with E-state index in [9.17, 15) is 4.79 Å². The highest BCUT2D eigenvalue weighted by molar-refractivity contribution is 5.99. The molecule has 1 atom stereocenters. The van der Waals surface area contributed by atoms with Crippen LogP contribution in [0.25, 0.3) is 10.8 Å². The molecule has 1 aromatic heterocycles. The molecule has 0 aliphatic carbocycles. The van der Waals surface area contributed by atoms with Crippen LogP contribution < -0.4 is 11.1 Å². The van der Waals surface area contributed by atoms with E-state index in [1.54, 1.807) is 6.07 Å². The quantitative estimate of drug-likeness (QED) is 0.898. The molecular weight excluding hydrogens is 250 g/mol. The first-order chi connectivity index (χ1) is 9.47. The number of nitrogens with one attached hydrogen (secondary N) is 1. The van der Waals surface area contributed by atoms with Gasteiger partial charge in [0.15, 0.2) is 0 Å². The number of fused-ring (bicyclic) bond motifs is 1. The van der Waals surface area contributed by atoms with E-state index in [1.165, 1.54) is 0 Å². The van der Waals surface area contributed by atoms with Crippen molar-refractivity contribution < 1.29 is 4.79 Å². The Morgan fingerprint density at radius 3 is 2.70 bits per heavy atom. The van der Waals surface area contributed by atoms with E-state index in [4.69, 9.17) is 5.73 Å². The molecule has 0 bridgehead atoms. The van der Waals surface area contributed by atoms with Crippen LogP contribution in [0.4, 0.5) is 5.82 Å². The average molecular weight is 271 g/mol. The first-order valence-corrected chi connectivity index (χ1v) is 6.93. The molecule has 0 saturated carbocycles. The minimum atomic E-state index is -0.171. The molecule has 0 aliphatic heterocycles. The van der Waals surface area contributed by atoms with Gasteiger partial charge in [0.2, 0.25) is 0 Å². The van der Waals surface area contributed by atoms with E-state index in [2.05, 4.69) is 24.1 Å². The molecule has 0 fully saturated rings. The summed E-state index contributed by atoms with van der Waals surface area (Å²) in [6, 6.07) is 9.57. The van der Waals surface area contributed by atoms with Gasteiger partial charge in [0.25, 0.3) is 5.91 Å². The second-order valence-corrected chi connectivity index (χ2v) is 5.62. The Hall–Kier alpha value is -2.10. The molecule has 0 radical (unpaired) electrons. The molecule has 4 nitrogen and oxygen atoms in total. The van der Waals surface area contributed by atoms with Gasteiger partial charge < -0.3 is 11.1 Å². The van der Waals surface area contributed by atoms with Crippen LogP contribution in [0.5, 0.6) is 0 Å². The summed E-state index contributed by atoms with van der Waals surface area (Å²) in [4.78, 5) is 16.4. The van der Waals surface area contributed by atoms with Gasteiger partial charge in [-0.05, 0) is 30.7 Å². The summed E-state index contributed by atoms with van der Waals surface area (Å²) in [7, 11) is 0. The van der Waals surface area contributed by atoms with Crippen molar-refractivity contribution in [3.63, 3.8) is 0 Å². The van der Waals surface area contributed by atoms with Crippen LogP contribution in [0.3, 0.4) is 0 Å². The molecule has 0 aliphatic rings. The molecule has 1 heterocycles. The summed E-state index contributed by atoms with van der Waals surface area (Å²) < 4.78 is 0. The van der Waals surface area contributed by atoms with E-state index in [1.807, 2.05) is 31.2 Å². The number of carbonyl (C=O) groups excluding carboxylic acids is 1. The van der Waals surface area contributed by atoms with Crippen molar-refractivity contribution in [1.82, 2.24) is 10.3 Å². The van der Waals surface area contributed by atoms with Crippen LogP contribution in [-0.2, 0) is 0 Å². The van der Waals surface area contributed by atoms with Crippen molar-refractivity contribution in [2.24, 2.45) is 5.92 Å². The SMILES string of the molecule is CC(C)CC(C)NC(=O)c1cc2ccccc2c(N)n1. The third kappa shape index (κ3) is 3.26. The van der Waals surface area contributed by atoms with Crippen molar-refractivity contribution >= 4 is 22.5 Å². The zero-order valence-electron chi connectivity index (χ0n) is 12.2. The van der Waals surface area contributed by atoms with Crippen LogP contribution in [-0.4, -0.2) is 16.9 Å². The number of benzene rings is 1. The summed E-state index contributed by atoms with van der Waals surface area (Å²) >= 11 is 0. The van der Waals surface area contributed by atoms with Crippen molar-refractivity contribution in [3.8, 4) is 0 Å². The zero-order chi connectivity index (χ0) is 14.7. The maximum Gasteiger partial charge on any atom is 0.270 e. The molecule has 0 saturated heterocycles. The Kier molecular flexibility index (Phi) is 4.23. The molecule has 0 spiro atoms. The number of aromatic nitrogens is 1. The van der Waals surface area contributed by atoms with E-state index < -0.39 is 0 Å². The molecule has 106 valence electrons. The number of nitrogens with zero attached hydrogens (tertiary/aromatic N) is 1. The third-order valence-corrected chi connectivity index (χ3v) is 3.20. The Bertz CT molecular complexity index is 622. The van der Waals surface area contributed by atoms with Crippen LogP contribution in [0, 0.1) is 5.92 Å². The number of nitrogens with two attached hydrogens (primary N) is 1. The fourth-order valence-corrected chi connectivity index (χ4v) is 2.41. The van der Waals surface area contributed by atoms with Crippen LogP contribution in [0.15, 0.2) is 30.3 Å². The smallest absolute Gasteiger partial charge is 0.270 e. The molecule has 4 heteroatoms. The van der Waals surface area contributed by atoms with Gasteiger partial charge in [-0.2, -0.15) is 0 Å². The van der Waals surface area contributed by atoms with Crippen molar-refractivity contribution in [1.29, 1.82) is 0 Å². The van der Waals surface area contributed by atoms with Gasteiger partial charge in [0.05, 0.1) is 0 Å². The maximum absolute atomic E-state index is 12.2. The number of pyridine rings is 1. The lowest BCUT2D eigenvalue weighted by Crippen LogP contribution is -2.34. The average Bonchev–Trinajstić information content (AvgIpc) is 2.37. The van der Waals surface area contributed by atoms with Crippen molar-refractivity contribution in [3.05, 3.63) is 36.0 Å². The molecule has 1 amide bonds. The number of hydrogen-bond acceptors (Lipinski definition) is 3. The molecule has 2 aromatic rings. The van der Waals surface area contributed by atoms with Gasteiger partial charge in [-0.3, -0.25) is 4.79 Å². The van der Waals surface area contributed by atoms with Crippen LogP contribution >= 0.6 is 0 Å². The monoisotopic (exact) mass is 271 g/mol. The molecule has 20 heavy (non-hydrogen) atoms. The normalized spacial score (nSPS) is 12.6. The van der Waals surface area contributed by atoms with Gasteiger partial charge >= 0.3 is 0 Å². The predicted molar refractivity (Wildman–Crippen MR) is 82.5 cm³/mol. The Balaban J connectivity index is 2.22. The number of anilines is 1. The number of rotatable bonds is 4. The second kappa shape index (κ2) is 5.90. The highest BCUT2D eigenvalue weighted by atomic mass is 16.1. The van der Waals surface area contributed by atoms with Crippen LogP contribution in [0.2, 0.25) is 0 Å². The third-order valence-electron chi connectivity index (χ3n) is 3.20. The lowest BCUT2D eigenvalue weighted by molar-refractivity contribution is 0.0931. The summed E-state index contributed by atoms with van der Waals surface area (Å²) in [5.74, 6) is 0.764. The largest absolute Gasteiger partial charge is 0.383 e. The Morgan fingerprint density at radius 1 is 1.30 bits per heavy atom. The van der Waals surface area contributed by atoms with Gasteiger partial charge in [-0.15, -0.1) is 0 Å². The predicted octanol–water partition coefficient (Wildman–Crippen LogP) is 2.98.